The van der Waals surface area contributed by atoms with E-state index in [-0.39, 0.29) is 5.91 Å². The summed E-state index contributed by atoms with van der Waals surface area (Å²) in [4.78, 5) is 14.7. The molecule has 0 saturated heterocycles. The molecule has 2 N–H and O–H groups in total. The molecule has 0 bridgehead atoms. The molecule has 0 spiro atoms. The highest BCUT2D eigenvalue weighted by Crippen LogP contribution is 2.08. The van der Waals surface area contributed by atoms with E-state index < -0.39 is 0 Å². The quantitative estimate of drug-likeness (QED) is 0.627. The van der Waals surface area contributed by atoms with Gasteiger partial charge in [-0.2, -0.15) is 5.10 Å². The Hall–Kier alpha value is -2.30. The van der Waals surface area contributed by atoms with Crippen molar-refractivity contribution < 1.29 is 9.21 Å². The maximum atomic E-state index is 11.7. The lowest BCUT2D eigenvalue weighted by Crippen LogP contribution is -2.19. The van der Waals surface area contributed by atoms with Gasteiger partial charge in [0.05, 0.1) is 23.2 Å². The van der Waals surface area contributed by atoms with Crippen molar-refractivity contribution >= 4 is 11.6 Å². The zero-order chi connectivity index (χ0) is 12.3. The highest BCUT2D eigenvalue weighted by molar-refractivity contribution is 5.99. The first-order valence-electron chi connectivity index (χ1n) is 5.21. The smallest absolute Gasteiger partial charge is 0.274 e. The molecule has 2 aromatic heterocycles. The van der Waals surface area contributed by atoms with Gasteiger partial charge >= 0.3 is 0 Å². The number of rotatable bonds is 3. The van der Waals surface area contributed by atoms with Gasteiger partial charge in [0.15, 0.2) is 0 Å². The molecule has 0 unspecified atom stereocenters. The van der Waals surface area contributed by atoms with Crippen LogP contribution in [0.4, 0.5) is 0 Å². The van der Waals surface area contributed by atoms with Crippen LogP contribution in [0.25, 0.3) is 0 Å². The molecular weight excluding hydrogens is 218 g/mol. The fourth-order valence-corrected chi connectivity index (χ4v) is 1.43. The molecule has 0 aliphatic rings. The Morgan fingerprint density at radius 3 is 2.88 bits per heavy atom. The van der Waals surface area contributed by atoms with Crippen LogP contribution in [-0.2, 0) is 0 Å². The fourth-order valence-electron chi connectivity index (χ4n) is 1.43. The average molecular weight is 231 g/mol. The molecule has 17 heavy (non-hydrogen) atoms. The lowest BCUT2D eigenvalue weighted by molar-refractivity contribution is 0.0953. The zero-order valence-corrected chi connectivity index (χ0v) is 9.65. The number of carbonyl (C=O) groups excluding carboxylic acids is 1. The first-order valence-corrected chi connectivity index (χ1v) is 5.21. The number of nitrogens with one attached hydrogen (secondary N) is 2. The highest BCUT2D eigenvalue weighted by atomic mass is 16.3. The number of H-pyrrole nitrogens is 1. The van der Waals surface area contributed by atoms with E-state index >= 15 is 0 Å². The topological polar surface area (TPSA) is 70.4 Å². The summed E-state index contributed by atoms with van der Waals surface area (Å²) in [5, 5.41) is 4.01. The Morgan fingerprint density at radius 1 is 1.47 bits per heavy atom. The van der Waals surface area contributed by atoms with Crippen molar-refractivity contribution in [3.63, 3.8) is 0 Å². The van der Waals surface area contributed by atoms with E-state index in [1.54, 1.807) is 19.2 Å². The average Bonchev–Trinajstić information content (AvgIpc) is 2.95. The Bertz CT molecular complexity index is 538. The third kappa shape index (κ3) is 2.44. The van der Waals surface area contributed by atoms with Crippen molar-refractivity contribution in [2.24, 2.45) is 5.10 Å². The third-order valence-corrected chi connectivity index (χ3v) is 2.42. The number of hydrogen-bond acceptors (Lipinski definition) is 3. The van der Waals surface area contributed by atoms with Crippen LogP contribution in [0.1, 0.15) is 28.7 Å². The Balaban J connectivity index is 2.06. The van der Waals surface area contributed by atoms with Crippen LogP contribution in [0.5, 0.6) is 0 Å². The van der Waals surface area contributed by atoms with Crippen LogP contribution >= 0.6 is 0 Å². The second-order valence-electron chi connectivity index (χ2n) is 3.61. The summed E-state index contributed by atoms with van der Waals surface area (Å²) in [6, 6.07) is 5.37. The number of carbonyl (C=O) groups is 1. The van der Waals surface area contributed by atoms with Crippen LogP contribution in [0.15, 0.2) is 40.2 Å². The van der Waals surface area contributed by atoms with E-state index in [0.29, 0.717) is 17.0 Å². The van der Waals surface area contributed by atoms with Gasteiger partial charge in [-0.15, -0.1) is 0 Å². The van der Waals surface area contributed by atoms with E-state index in [1.165, 1.54) is 6.26 Å². The number of furan rings is 1. The van der Waals surface area contributed by atoms with E-state index in [9.17, 15) is 4.79 Å². The second-order valence-corrected chi connectivity index (χ2v) is 3.61. The van der Waals surface area contributed by atoms with Crippen LogP contribution in [0, 0.1) is 6.92 Å². The molecule has 5 heteroatoms. The summed E-state index contributed by atoms with van der Waals surface area (Å²) in [6.07, 6.45) is 3.28. The molecule has 0 fully saturated rings. The minimum atomic E-state index is -0.276. The maximum Gasteiger partial charge on any atom is 0.274 e. The lowest BCUT2D eigenvalue weighted by atomic mass is 10.2. The molecule has 1 amide bonds. The normalized spacial score (nSPS) is 11.5. The van der Waals surface area contributed by atoms with Crippen molar-refractivity contribution in [3.8, 4) is 0 Å². The molecule has 0 aliphatic heterocycles. The zero-order valence-electron chi connectivity index (χ0n) is 9.65. The lowest BCUT2D eigenvalue weighted by Gasteiger charge is -2.00. The predicted molar refractivity (Wildman–Crippen MR) is 63.9 cm³/mol. The van der Waals surface area contributed by atoms with Gasteiger partial charge in [-0.3, -0.25) is 4.79 Å². The first kappa shape index (κ1) is 11.2. The number of aromatic nitrogens is 1. The number of amides is 1. The summed E-state index contributed by atoms with van der Waals surface area (Å²) in [7, 11) is 0. The third-order valence-electron chi connectivity index (χ3n) is 2.42. The minimum absolute atomic E-state index is 0.276. The molecule has 0 saturated carbocycles. The molecule has 5 nitrogen and oxygen atoms in total. The van der Waals surface area contributed by atoms with Crippen molar-refractivity contribution in [3.05, 3.63) is 47.7 Å². The second kappa shape index (κ2) is 4.69. The molecular formula is C12H13N3O2. The molecule has 0 atom stereocenters. The number of aryl methyl sites for hydroxylation is 1. The van der Waals surface area contributed by atoms with Crippen LogP contribution < -0.4 is 5.43 Å². The van der Waals surface area contributed by atoms with Crippen LogP contribution in [0.2, 0.25) is 0 Å². The fraction of sp³-hybridized carbons (Fsp3) is 0.167. The van der Waals surface area contributed by atoms with Gasteiger partial charge in [0.2, 0.25) is 0 Å². The van der Waals surface area contributed by atoms with Crippen molar-refractivity contribution in [1.29, 1.82) is 0 Å². The van der Waals surface area contributed by atoms with Crippen molar-refractivity contribution in [2.75, 3.05) is 0 Å². The summed E-state index contributed by atoms with van der Waals surface area (Å²) >= 11 is 0. The van der Waals surface area contributed by atoms with E-state index in [0.717, 1.165) is 5.69 Å². The van der Waals surface area contributed by atoms with Gasteiger partial charge in [-0.25, -0.2) is 5.43 Å². The molecule has 0 radical (unpaired) electrons. The highest BCUT2D eigenvalue weighted by Gasteiger charge is 2.10. The van der Waals surface area contributed by atoms with E-state index in [1.807, 2.05) is 19.1 Å². The molecule has 2 heterocycles. The van der Waals surface area contributed by atoms with Gasteiger partial charge in [0, 0.05) is 6.20 Å². The van der Waals surface area contributed by atoms with E-state index in [2.05, 4.69) is 15.5 Å². The summed E-state index contributed by atoms with van der Waals surface area (Å²) < 4.78 is 5.05. The van der Waals surface area contributed by atoms with Gasteiger partial charge in [-0.1, -0.05) is 0 Å². The summed E-state index contributed by atoms with van der Waals surface area (Å²) in [5.41, 5.74) is 4.56. The number of aromatic amines is 1. The number of hydrogen-bond donors (Lipinski definition) is 2. The molecule has 0 aromatic carbocycles. The summed E-state index contributed by atoms with van der Waals surface area (Å²) in [5.74, 6) is 0.303. The SMILES string of the molecule is C/C(=N\NC(=O)c1ccoc1C)c1ccc[nH]1. The first-order chi connectivity index (χ1) is 8.18. The van der Waals surface area contributed by atoms with E-state index in [4.69, 9.17) is 4.42 Å². The summed E-state index contributed by atoms with van der Waals surface area (Å²) in [6.45, 7) is 3.55. The molecule has 2 rings (SSSR count). The van der Waals surface area contributed by atoms with Crippen LogP contribution in [0.3, 0.4) is 0 Å². The van der Waals surface area contributed by atoms with Gasteiger partial charge in [0.1, 0.15) is 5.76 Å². The number of hydrazone groups is 1. The molecule has 2 aromatic rings. The largest absolute Gasteiger partial charge is 0.469 e. The predicted octanol–water partition coefficient (Wildman–Crippen LogP) is 2.07. The van der Waals surface area contributed by atoms with Crippen LogP contribution in [-0.4, -0.2) is 16.6 Å². The van der Waals surface area contributed by atoms with Gasteiger partial charge in [0.25, 0.3) is 5.91 Å². The number of nitrogens with zero attached hydrogens (tertiary/aromatic N) is 1. The Morgan fingerprint density at radius 2 is 2.29 bits per heavy atom. The maximum absolute atomic E-state index is 11.7. The molecule has 0 aliphatic carbocycles. The van der Waals surface area contributed by atoms with Crippen molar-refractivity contribution in [1.82, 2.24) is 10.4 Å². The molecule has 88 valence electrons. The van der Waals surface area contributed by atoms with Crippen molar-refractivity contribution in [2.45, 2.75) is 13.8 Å². The monoisotopic (exact) mass is 231 g/mol. The van der Waals surface area contributed by atoms with Gasteiger partial charge in [-0.05, 0) is 32.0 Å². The Labute approximate surface area is 98.5 Å². The minimum Gasteiger partial charge on any atom is -0.469 e. The van der Waals surface area contributed by atoms with Gasteiger partial charge < -0.3 is 9.40 Å². The standard InChI is InChI=1S/C12H13N3O2/c1-8(11-4-3-6-13-11)14-15-12(16)10-5-7-17-9(10)2/h3-7,13H,1-2H3,(H,15,16)/b14-8+. The Kier molecular flexibility index (Phi) is 3.09.